The van der Waals surface area contributed by atoms with Crippen LogP contribution in [0.1, 0.15) is 5.82 Å². The average molecular weight is 257 g/mol. The Bertz CT molecular complexity index is 668. The highest BCUT2D eigenvalue weighted by Gasteiger charge is 2.10. The number of aryl methyl sites for hydroxylation is 1. The van der Waals surface area contributed by atoms with Crippen LogP contribution in [0.25, 0.3) is 16.5 Å². The van der Waals surface area contributed by atoms with E-state index in [0.29, 0.717) is 0 Å². The van der Waals surface area contributed by atoms with E-state index >= 15 is 0 Å². The largest absolute Gasteiger partial charge is 0.399 e. The summed E-state index contributed by atoms with van der Waals surface area (Å²) >= 11 is 1.36. The van der Waals surface area contributed by atoms with Crippen molar-refractivity contribution in [2.24, 2.45) is 0 Å². The molecule has 0 fully saturated rings. The molecular weight excluding hydrogens is 246 g/mol. The lowest BCUT2D eigenvalue weighted by Crippen LogP contribution is -1.96. The maximum Gasteiger partial charge on any atom is 0.215 e. The van der Waals surface area contributed by atoms with E-state index in [1.165, 1.54) is 11.5 Å². The first-order chi connectivity index (χ1) is 8.74. The smallest absolute Gasteiger partial charge is 0.215 e. The van der Waals surface area contributed by atoms with Crippen LogP contribution in [-0.4, -0.2) is 18.9 Å². The van der Waals surface area contributed by atoms with E-state index in [2.05, 4.69) is 14.3 Å². The van der Waals surface area contributed by atoms with Crippen LogP contribution in [0.5, 0.6) is 0 Å². The zero-order chi connectivity index (χ0) is 12.5. The fourth-order valence-corrected chi connectivity index (χ4v) is 2.35. The van der Waals surface area contributed by atoms with Gasteiger partial charge in [-0.1, -0.05) is 0 Å². The molecule has 0 saturated heterocycles. The monoisotopic (exact) mass is 257 g/mol. The number of benzene rings is 1. The van der Waals surface area contributed by atoms with E-state index in [9.17, 15) is 0 Å². The van der Waals surface area contributed by atoms with Gasteiger partial charge in [-0.2, -0.15) is 4.37 Å². The van der Waals surface area contributed by atoms with Crippen LogP contribution in [0.4, 0.5) is 5.69 Å². The summed E-state index contributed by atoms with van der Waals surface area (Å²) in [6.07, 6.45) is 3.63. The lowest BCUT2D eigenvalue weighted by atomic mass is 10.2. The molecule has 0 amide bonds. The Morgan fingerprint density at radius 3 is 2.67 bits per heavy atom. The zero-order valence-electron chi connectivity index (χ0n) is 9.74. The van der Waals surface area contributed by atoms with Gasteiger partial charge in [0.15, 0.2) is 0 Å². The van der Waals surface area contributed by atoms with Crippen LogP contribution in [0.3, 0.4) is 0 Å². The molecule has 0 aliphatic heterocycles. The highest BCUT2D eigenvalue weighted by molar-refractivity contribution is 7.08. The Balaban J connectivity index is 2.09. The molecule has 0 bridgehead atoms. The molecule has 0 radical (unpaired) electrons. The highest BCUT2D eigenvalue weighted by Crippen LogP contribution is 2.23. The van der Waals surface area contributed by atoms with Gasteiger partial charge in [0.25, 0.3) is 0 Å². The summed E-state index contributed by atoms with van der Waals surface area (Å²) in [5, 5.41) is 0.817. The number of hydrogen-bond donors (Lipinski definition) is 1. The Morgan fingerprint density at radius 1 is 1.22 bits per heavy atom. The molecule has 5 nitrogen and oxygen atoms in total. The van der Waals surface area contributed by atoms with Gasteiger partial charge in [-0.15, -0.1) is 0 Å². The molecule has 0 unspecified atom stereocenters. The molecule has 0 aliphatic carbocycles. The van der Waals surface area contributed by atoms with Gasteiger partial charge in [0.1, 0.15) is 11.6 Å². The highest BCUT2D eigenvalue weighted by atomic mass is 32.1. The zero-order valence-corrected chi connectivity index (χ0v) is 10.6. The molecule has 0 aliphatic rings. The molecule has 2 heterocycles. The topological polar surface area (TPSA) is 69.6 Å². The van der Waals surface area contributed by atoms with Crippen LogP contribution in [0.15, 0.2) is 36.7 Å². The van der Waals surface area contributed by atoms with Gasteiger partial charge in [0.05, 0.1) is 0 Å². The number of nitrogen functional groups attached to an aromatic ring is 1. The predicted octanol–water partition coefficient (Wildman–Crippen LogP) is 2.28. The van der Waals surface area contributed by atoms with E-state index in [4.69, 9.17) is 5.73 Å². The van der Waals surface area contributed by atoms with Crippen molar-refractivity contribution in [3.63, 3.8) is 0 Å². The van der Waals surface area contributed by atoms with E-state index in [-0.39, 0.29) is 0 Å². The number of nitrogens with zero attached hydrogens (tertiary/aromatic N) is 4. The predicted molar refractivity (Wildman–Crippen MR) is 71.6 cm³/mol. The van der Waals surface area contributed by atoms with Crippen molar-refractivity contribution in [1.82, 2.24) is 18.9 Å². The van der Waals surface area contributed by atoms with Crippen molar-refractivity contribution in [3.05, 3.63) is 42.5 Å². The lowest BCUT2D eigenvalue weighted by Gasteiger charge is -2.04. The quantitative estimate of drug-likeness (QED) is 0.715. The lowest BCUT2D eigenvalue weighted by molar-refractivity contribution is 1.02. The second-order valence-corrected chi connectivity index (χ2v) is 4.60. The minimum Gasteiger partial charge on any atom is -0.399 e. The summed E-state index contributed by atoms with van der Waals surface area (Å²) in [4.78, 5) is 8.73. The summed E-state index contributed by atoms with van der Waals surface area (Å²) in [5.74, 6) is 1.61. The van der Waals surface area contributed by atoms with E-state index in [1.54, 1.807) is 6.20 Å². The van der Waals surface area contributed by atoms with Crippen LogP contribution in [0.2, 0.25) is 0 Å². The van der Waals surface area contributed by atoms with Crippen LogP contribution in [0, 0.1) is 6.92 Å². The second-order valence-electron chi connectivity index (χ2n) is 3.87. The van der Waals surface area contributed by atoms with Crippen molar-refractivity contribution < 1.29 is 0 Å². The van der Waals surface area contributed by atoms with Gasteiger partial charge in [-0.05, 0) is 31.2 Å². The normalized spacial score (nSPS) is 10.7. The number of hydrogen-bond acceptors (Lipinski definition) is 5. The van der Waals surface area contributed by atoms with E-state index in [1.807, 2.05) is 42.0 Å². The van der Waals surface area contributed by atoms with Crippen molar-refractivity contribution in [2.75, 3.05) is 5.73 Å². The minimum absolute atomic E-state index is 0.739. The Kier molecular flexibility index (Phi) is 2.56. The van der Waals surface area contributed by atoms with Gasteiger partial charge < -0.3 is 5.73 Å². The number of nitrogens with two attached hydrogens (primary N) is 1. The molecule has 18 heavy (non-hydrogen) atoms. The second kappa shape index (κ2) is 4.23. The Morgan fingerprint density at radius 2 is 2.00 bits per heavy atom. The Hall–Kier alpha value is -2.21. The summed E-state index contributed by atoms with van der Waals surface area (Å²) < 4.78 is 6.11. The van der Waals surface area contributed by atoms with Gasteiger partial charge in [-0.25, -0.2) is 9.97 Å². The van der Waals surface area contributed by atoms with Crippen LogP contribution < -0.4 is 5.73 Å². The number of imidazole rings is 1. The number of anilines is 1. The van der Waals surface area contributed by atoms with Crippen molar-refractivity contribution in [2.45, 2.75) is 6.92 Å². The van der Waals surface area contributed by atoms with Gasteiger partial charge in [-0.3, -0.25) is 4.57 Å². The molecule has 3 rings (SSSR count). The maximum absolute atomic E-state index is 5.69. The molecule has 3 aromatic rings. The van der Waals surface area contributed by atoms with Crippen LogP contribution in [-0.2, 0) is 0 Å². The minimum atomic E-state index is 0.739. The SMILES string of the molecule is Cc1nsc(-n2ccnc2-c2ccc(N)cc2)n1. The number of rotatable bonds is 2. The molecule has 0 spiro atoms. The first-order valence-electron chi connectivity index (χ1n) is 5.44. The Labute approximate surface area is 108 Å². The third-order valence-electron chi connectivity index (χ3n) is 2.53. The molecule has 0 saturated carbocycles. The van der Waals surface area contributed by atoms with E-state index < -0.39 is 0 Å². The van der Waals surface area contributed by atoms with Crippen LogP contribution >= 0.6 is 11.5 Å². The molecular formula is C12H11N5S. The standard InChI is InChI=1S/C12H11N5S/c1-8-15-12(18-16-8)17-7-6-14-11(17)9-2-4-10(13)5-3-9/h2-7H,13H2,1H3. The molecule has 90 valence electrons. The molecule has 2 aromatic heterocycles. The summed E-state index contributed by atoms with van der Waals surface area (Å²) in [6.45, 7) is 1.87. The molecule has 1 aromatic carbocycles. The molecule has 0 atom stereocenters. The maximum atomic E-state index is 5.69. The first-order valence-corrected chi connectivity index (χ1v) is 6.21. The van der Waals surface area contributed by atoms with Crippen molar-refractivity contribution >= 4 is 17.2 Å². The summed E-state index contributed by atoms with van der Waals surface area (Å²) in [7, 11) is 0. The fourth-order valence-electron chi connectivity index (χ4n) is 1.69. The third-order valence-corrected chi connectivity index (χ3v) is 3.34. The third kappa shape index (κ3) is 1.86. The molecule has 2 N–H and O–H groups in total. The van der Waals surface area contributed by atoms with Gasteiger partial charge in [0.2, 0.25) is 5.13 Å². The van der Waals surface area contributed by atoms with Gasteiger partial charge >= 0.3 is 0 Å². The fraction of sp³-hybridized carbons (Fsp3) is 0.0833. The average Bonchev–Trinajstić information content (AvgIpc) is 2.98. The van der Waals surface area contributed by atoms with Gasteiger partial charge in [0, 0.05) is 35.2 Å². The summed E-state index contributed by atoms with van der Waals surface area (Å²) in [6, 6.07) is 7.61. The first kappa shape index (κ1) is 10.9. The van der Waals surface area contributed by atoms with Crippen molar-refractivity contribution in [1.29, 1.82) is 0 Å². The van der Waals surface area contributed by atoms with Crippen molar-refractivity contribution in [3.8, 4) is 16.5 Å². The summed E-state index contributed by atoms with van der Waals surface area (Å²) in [5.41, 5.74) is 7.43. The molecule has 6 heteroatoms. The van der Waals surface area contributed by atoms with E-state index in [0.717, 1.165) is 28.0 Å². The number of aromatic nitrogens is 4.